The molecule has 0 amide bonds. The summed E-state index contributed by atoms with van der Waals surface area (Å²) in [4.78, 5) is 30.6. The second-order valence-corrected chi connectivity index (χ2v) is 8.22. The molecule has 5 aromatic heterocycles. The minimum atomic E-state index is -0.356. The van der Waals surface area contributed by atoms with Gasteiger partial charge in [0.25, 0.3) is 0 Å². The highest BCUT2D eigenvalue weighted by molar-refractivity contribution is 6.06. The molecular weight excluding hydrogens is 436 g/mol. The maximum atomic E-state index is 13.3. The van der Waals surface area contributed by atoms with Gasteiger partial charge in [0.2, 0.25) is 5.71 Å². The van der Waals surface area contributed by atoms with Gasteiger partial charge in [0.05, 0.1) is 17.7 Å². The van der Waals surface area contributed by atoms with Crippen molar-refractivity contribution in [1.29, 1.82) is 0 Å². The summed E-state index contributed by atoms with van der Waals surface area (Å²) in [5.74, 6) is 1.30. The molecule has 0 spiro atoms. The lowest BCUT2D eigenvalue weighted by Crippen LogP contribution is -2.25. The Labute approximate surface area is 193 Å². The maximum absolute atomic E-state index is 13.3. The second kappa shape index (κ2) is 8.38. The number of nitrogens with one attached hydrogen (secondary N) is 1. The molecule has 1 atom stereocenters. The Hall–Kier alpha value is -4.05. The Kier molecular flexibility index (Phi) is 5.06. The van der Waals surface area contributed by atoms with Crippen LogP contribution in [0.5, 0.6) is 0 Å². The summed E-state index contributed by atoms with van der Waals surface area (Å²) in [5, 5.41) is 3.70. The van der Waals surface area contributed by atoms with Crippen LogP contribution in [0.15, 0.2) is 56.8 Å². The van der Waals surface area contributed by atoms with Crippen molar-refractivity contribution in [2.45, 2.75) is 31.9 Å². The van der Waals surface area contributed by atoms with Crippen LogP contribution in [0.4, 0.5) is 5.82 Å². The van der Waals surface area contributed by atoms with Crippen LogP contribution >= 0.6 is 0 Å². The summed E-state index contributed by atoms with van der Waals surface area (Å²) in [5.41, 5.74) is 3.05. The lowest BCUT2D eigenvalue weighted by molar-refractivity contribution is 0.100. The van der Waals surface area contributed by atoms with Crippen LogP contribution in [-0.2, 0) is 11.3 Å². The van der Waals surface area contributed by atoms with Gasteiger partial charge in [0, 0.05) is 43.7 Å². The highest BCUT2D eigenvalue weighted by Gasteiger charge is 2.23. The van der Waals surface area contributed by atoms with E-state index in [1.165, 1.54) is 6.39 Å². The van der Waals surface area contributed by atoms with E-state index >= 15 is 0 Å². The van der Waals surface area contributed by atoms with Crippen LogP contribution in [0.25, 0.3) is 44.8 Å². The van der Waals surface area contributed by atoms with Gasteiger partial charge in [0.1, 0.15) is 17.0 Å². The molecule has 10 nitrogen and oxygen atoms in total. The molecule has 0 bridgehead atoms. The first-order valence-electron chi connectivity index (χ1n) is 11.2. The summed E-state index contributed by atoms with van der Waals surface area (Å²) < 4.78 is 19.1. The Balaban J connectivity index is 1.56. The zero-order valence-corrected chi connectivity index (χ0v) is 18.5. The van der Waals surface area contributed by atoms with E-state index in [1.54, 1.807) is 30.2 Å². The first-order valence-corrected chi connectivity index (χ1v) is 11.2. The molecule has 10 heteroatoms. The van der Waals surface area contributed by atoms with Crippen molar-refractivity contribution in [2.75, 3.05) is 19.0 Å². The lowest BCUT2D eigenvalue weighted by atomic mass is 10.1. The Morgan fingerprint density at radius 3 is 2.82 bits per heavy atom. The van der Waals surface area contributed by atoms with Crippen molar-refractivity contribution in [2.24, 2.45) is 0 Å². The average molecular weight is 458 g/mol. The molecule has 172 valence electrons. The number of hydrogen-bond acceptors (Lipinski definition) is 9. The van der Waals surface area contributed by atoms with Crippen LogP contribution in [0.1, 0.15) is 19.3 Å². The van der Waals surface area contributed by atoms with Crippen LogP contribution in [0.2, 0.25) is 0 Å². The van der Waals surface area contributed by atoms with Gasteiger partial charge >= 0.3 is 5.69 Å². The number of aryl methyl sites for hydroxylation is 1. The third kappa shape index (κ3) is 3.52. The normalized spacial score (nSPS) is 16.0. The van der Waals surface area contributed by atoms with Gasteiger partial charge in [-0.1, -0.05) is 0 Å². The highest BCUT2D eigenvalue weighted by Crippen LogP contribution is 2.35. The topological polar surface area (TPSA) is 121 Å². The number of fused-ring (bicyclic) bond motifs is 3. The van der Waals surface area contributed by atoms with Gasteiger partial charge in [-0.3, -0.25) is 4.57 Å². The summed E-state index contributed by atoms with van der Waals surface area (Å²) in [6.45, 7) is 1.23. The third-order valence-corrected chi connectivity index (χ3v) is 6.15. The number of nitrogens with zero attached hydrogens (tertiary/aromatic N) is 5. The molecule has 6 heterocycles. The second-order valence-electron chi connectivity index (χ2n) is 8.22. The van der Waals surface area contributed by atoms with E-state index in [1.807, 2.05) is 18.2 Å². The maximum Gasteiger partial charge on any atom is 0.348 e. The zero-order valence-electron chi connectivity index (χ0n) is 18.5. The van der Waals surface area contributed by atoms with Crippen molar-refractivity contribution in [3.63, 3.8) is 0 Å². The summed E-state index contributed by atoms with van der Waals surface area (Å²) in [6, 6.07) is 5.59. The minimum absolute atomic E-state index is 0.140. The molecule has 1 fully saturated rings. The summed E-state index contributed by atoms with van der Waals surface area (Å²) >= 11 is 0. The summed E-state index contributed by atoms with van der Waals surface area (Å²) in [7, 11) is 1.80. The van der Waals surface area contributed by atoms with E-state index in [9.17, 15) is 4.79 Å². The number of aromatic nitrogens is 5. The number of hydrogen-bond donors (Lipinski definition) is 1. The largest absolute Gasteiger partial charge is 0.443 e. The standard InChI is InChI=1S/C24H22N6O4/c1-25-19-5-4-14(10-27-19)20-22-21(30(24(31)29-20)7-6-16-3-2-8-32-16)17-9-15(11-28-23(17)34-22)18-12-26-13-33-18/h4-5,9-13,16H,2-3,6-8H2,1H3,(H,25,27). The molecule has 0 radical (unpaired) electrons. The molecule has 0 aliphatic carbocycles. The van der Waals surface area contributed by atoms with E-state index in [0.29, 0.717) is 51.6 Å². The predicted octanol–water partition coefficient (Wildman–Crippen LogP) is 3.87. The quantitative estimate of drug-likeness (QED) is 0.404. The van der Waals surface area contributed by atoms with Crippen molar-refractivity contribution in [3.8, 4) is 22.6 Å². The number of anilines is 1. The lowest BCUT2D eigenvalue weighted by Gasteiger charge is -2.12. The smallest absolute Gasteiger partial charge is 0.348 e. The van der Waals surface area contributed by atoms with E-state index in [-0.39, 0.29) is 11.8 Å². The fourth-order valence-electron chi connectivity index (χ4n) is 4.42. The molecule has 0 aromatic carbocycles. The number of ether oxygens (including phenoxy) is 1. The molecule has 1 saturated heterocycles. The van der Waals surface area contributed by atoms with Gasteiger partial charge < -0.3 is 18.9 Å². The first kappa shape index (κ1) is 20.5. The van der Waals surface area contributed by atoms with E-state index in [2.05, 4.69) is 25.3 Å². The van der Waals surface area contributed by atoms with Crippen LogP contribution in [0, 0.1) is 0 Å². The number of rotatable bonds is 6. The van der Waals surface area contributed by atoms with Crippen molar-refractivity contribution < 1.29 is 13.6 Å². The highest BCUT2D eigenvalue weighted by atomic mass is 16.5. The van der Waals surface area contributed by atoms with Crippen LogP contribution < -0.4 is 11.0 Å². The molecule has 1 unspecified atom stereocenters. The van der Waals surface area contributed by atoms with Gasteiger partial charge in [-0.05, 0) is 37.5 Å². The number of oxazole rings is 1. The van der Waals surface area contributed by atoms with E-state index < -0.39 is 0 Å². The predicted molar refractivity (Wildman–Crippen MR) is 125 cm³/mol. The molecule has 6 rings (SSSR count). The van der Waals surface area contributed by atoms with Gasteiger partial charge in [-0.25, -0.2) is 19.7 Å². The third-order valence-electron chi connectivity index (χ3n) is 6.15. The molecule has 5 aromatic rings. The molecule has 1 aliphatic heterocycles. The Morgan fingerprint density at radius 2 is 2.09 bits per heavy atom. The van der Waals surface area contributed by atoms with Crippen LogP contribution in [-0.4, -0.2) is 44.3 Å². The van der Waals surface area contributed by atoms with Crippen molar-refractivity contribution in [1.82, 2.24) is 24.5 Å². The fourth-order valence-corrected chi connectivity index (χ4v) is 4.42. The monoisotopic (exact) mass is 458 g/mol. The van der Waals surface area contributed by atoms with Crippen molar-refractivity contribution >= 4 is 28.0 Å². The van der Waals surface area contributed by atoms with Crippen molar-refractivity contribution in [3.05, 3.63) is 53.7 Å². The Bertz CT molecular complexity index is 1520. The number of furan rings is 1. The Morgan fingerprint density at radius 1 is 1.18 bits per heavy atom. The fraction of sp³-hybridized carbons (Fsp3) is 0.292. The first-order chi connectivity index (χ1) is 16.7. The van der Waals surface area contributed by atoms with Gasteiger partial charge in [-0.15, -0.1) is 0 Å². The molecule has 1 N–H and O–H groups in total. The van der Waals surface area contributed by atoms with E-state index in [4.69, 9.17) is 13.6 Å². The van der Waals surface area contributed by atoms with Gasteiger partial charge in [0.15, 0.2) is 17.7 Å². The molecule has 34 heavy (non-hydrogen) atoms. The van der Waals surface area contributed by atoms with Crippen LogP contribution in [0.3, 0.4) is 0 Å². The average Bonchev–Trinajstić information content (AvgIpc) is 3.64. The van der Waals surface area contributed by atoms with E-state index in [0.717, 1.165) is 31.4 Å². The SMILES string of the molecule is CNc1ccc(-c2nc(=O)n(CCC3CCCO3)c3c2oc2ncc(-c4cnco4)cc23)cn1. The van der Waals surface area contributed by atoms with Gasteiger partial charge in [-0.2, -0.15) is 4.98 Å². The number of pyridine rings is 2. The summed E-state index contributed by atoms with van der Waals surface area (Å²) in [6.07, 6.45) is 9.22. The molecule has 0 saturated carbocycles. The molecule has 1 aliphatic rings. The molecular formula is C24H22N6O4. The minimum Gasteiger partial charge on any atom is -0.443 e. The zero-order chi connectivity index (χ0) is 23.1.